The molecule has 0 spiro atoms. The predicted octanol–water partition coefficient (Wildman–Crippen LogP) is 5.35. The van der Waals surface area contributed by atoms with Gasteiger partial charge in [0.05, 0.1) is 32.4 Å². The van der Waals surface area contributed by atoms with Gasteiger partial charge in [0.25, 0.3) is 5.91 Å². The Kier molecular flexibility index (Phi) is 5.47. The van der Waals surface area contributed by atoms with Gasteiger partial charge in [0.2, 0.25) is 0 Å². The van der Waals surface area contributed by atoms with Crippen LogP contribution in [0.3, 0.4) is 0 Å². The molecule has 1 N–H and O–H groups in total. The van der Waals surface area contributed by atoms with E-state index >= 15 is 0 Å². The fourth-order valence-electron chi connectivity index (χ4n) is 3.15. The van der Waals surface area contributed by atoms with E-state index in [1.165, 1.54) is 30.3 Å². The minimum absolute atomic E-state index is 0.0405. The number of sulfone groups is 1. The molecule has 0 saturated heterocycles. The van der Waals surface area contributed by atoms with Crippen LogP contribution in [0.1, 0.15) is 10.4 Å². The first-order valence-electron chi connectivity index (χ1n) is 9.19. The van der Waals surface area contributed by atoms with Gasteiger partial charge in [0.15, 0.2) is 9.84 Å². The number of amides is 1. The van der Waals surface area contributed by atoms with Crippen molar-refractivity contribution < 1.29 is 17.6 Å². The van der Waals surface area contributed by atoms with Gasteiger partial charge in [-0.3, -0.25) is 4.79 Å². The molecule has 31 heavy (non-hydrogen) atoms. The fraction of sp³-hybridized carbons (Fsp3) is 0.0435. The van der Waals surface area contributed by atoms with E-state index in [1.807, 2.05) is 0 Å². The quantitative estimate of drug-likeness (QED) is 0.451. The Balaban J connectivity index is 1.80. The third-order valence-electron chi connectivity index (χ3n) is 4.71. The van der Waals surface area contributed by atoms with Gasteiger partial charge in [-0.1, -0.05) is 29.8 Å². The second kappa shape index (κ2) is 8.09. The molecule has 4 rings (SSSR count). The number of hydrogen-bond donors (Lipinski definition) is 1. The van der Waals surface area contributed by atoms with Crippen LogP contribution in [0.15, 0.2) is 77.7 Å². The normalized spacial score (nSPS) is 11.5. The number of benzene rings is 3. The molecule has 1 amide bonds. The lowest BCUT2D eigenvalue weighted by Crippen LogP contribution is -2.14. The van der Waals surface area contributed by atoms with Crippen LogP contribution in [-0.4, -0.2) is 25.6 Å². The van der Waals surface area contributed by atoms with E-state index in [9.17, 15) is 17.6 Å². The third kappa shape index (κ3) is 4.42. The first-order chi connectivity index (χ1) is 14.7. The third-order valence-corrected chi connectivity index (χ3v) is 6.15. The van der Waals surface area contributed by atoms with Crippen molar-refractivity contribution >= 4 is 43.9 Å². The number of rotatable bonds is 4. The molecule has 0 atom stereocenters. The van der Waals surface area contributed by atoms with Crippen LogP contribution in [0.4, 0.5) is 10.1 Å². The van der Waals surface area contributed by atoms with Crippen LogP contribution in [-0.2, 0) is 9.84 Å². The number of carbonyl (C=O) groups is 1. The van der Waals surface area contributed by atoms with Crippen molar-refractivity contribution in [1.29, 1.82) is 0 Å². The Hall–Kier alpha value is -3.29. The van der Waals surface area contributed by atoms with E-state index in [4.69, 9.17) is 11.6 Å². The van der Waals surface area contributed by atoms with Crippen LogP contribution in [0.2, 0.25) is 5.02 Å². The highest BCUT2D eigenvalue weighted by Crippen LogP contribution is 2.29. The summed E-state index contributed by atoms with van der Waals surface area (Å²) in [5.41, 5.74) is 2.24. The van der Waals surface area contributed by atoms with Crippen LogP contribution in [0.5, 0.6) is 0 Å². The molecule has 156 valence electrons. The largest absolute Gasteiger partial charge is 0.321 e. The summed E-state index contributed by atoms with van der Waals surface area (Å²) in [6, 6.07) is 18.7. The second-order valence-corrected chi connectivity index (χ2v) is 9.37. The van der Waals surface area contributed by atoms with Gasteiger partial charge in [-0.25, -0.2) is 17.8 Å². The van der Waals surface area contributed by atoms with Crippen LogP contribution < -0.4 is 5.32 Å². The summed E-state index contributed by atoms with van der Waals surface area (Å²) in [4.78, 5) is 17.8. The molecule has 0 unspecified atom stereocenters. The summed E-state index contributed by atoms with van der Waals surface area (Å²) in [7, 11) is -3.47. The Morgan fingerprint density at radius 1 is 1.00 bits per heavy atom. The molecule has 0 aliphatic rings. The van der Waals surface area contributed by atoms with E-state index in [1.54, 1.807) is 42.5 Å². The number of halogens is 2. The van der Waals surface area contributed by atoms with Crippen LogP contribution in [0.25, 0.3) is 22.2 Å². The molecule has 0 radical (unpaired) electrons. The predicted molar refractivity (Wildman–Crippen MR) is 120 cm³/mol. The fourth-order valence-corrected chi connectivity index (χ4v) is 3.96. The summed E-state index contributed by atoms with van der Waals surface area (Å²) in [5.74, 6) is -0.850. The average molecular weight is 455 g/mol. The molecular formula is C23H16ClFN2O3S. The van der Waals surface area contributed by atoms with Crippen LogP contribution >= 0.6 is 11.6 Å². The smallest absolute Gasteiger partial charge is 0.256 e. The Morgan fingerprint density at radius 3 is 2.42 bits per heavy atom. The molecule has 0 fully saturated rings. The SMILES string of the molecule is CS(=O)(=O)c1ccc(Cl)c(NC(=O)c2cc(-c3ccc(F)cc3)nc3ccccc23)c1. The van der Waals surface area contributed by atoms with Gasteiger partial charge in [-0.05, 0) is 54.6 Å². The van der Waals surface area contributed by atoms with Crippen molar-refractivity contribution in [3.63, 3.8) is 0 Å². The molecule has 1 aromatic heterocycles. The van der Waals surface area contributed by atoms with Gasteiger partial charge in [-0.2, -0.15) is 0 Å². The zero-order valence-electron chi connectivity index (χ0n) is 16.3. The van der Waals surface area contributed by atoms with E-state index in [-0.39, 0.29) is 21.4 Å². The lowest BCUT2D eigenvalue weighted by molar-refractivity contribution is 0.102. The molecular weight excluding hydrogens is 439 g/mol. The maximum atomic E-state index is 13.3. The number of nitrogens with zero attached hydrogens (tertiary/aromatic N) is 1. The summed E-state index contributed by atoms with van der Waals surface area (Å²) < 4.78 is 37.0. The molecule has 8 heteroatoms. The Labute approximate surface area is 183 Å². The van der Waals surface area contributed by atoms with Crippen molar-refractivity contribution in [2.75, 3.05) is 11.6 Å². The zero-order valence-corrected chi connectivity index (χ0v) is 17.8. The van der Waals surface area contributed by atoms with Crippen molar-refractivity contribution in [3.05, 3.63) is 89.2 Å². The number of pyridine rings is 1. The maximum absolute atomic E-state index is 13.3. The molecule has 1 heterocycles. The molecule has 0 bridgehead atoms. The highest BCUT2D eigenvalue weighted by Gasteiger charge is 2.17. The lowest BCUT2D eigenvalue weighted by Gasteiger charge is -2.12. The summed E-state index contributed by atoms with van der Waals surface area (Å²) in [5, 5.41) is 3.51. The minimum atomic E-state index is -3.47. The average Bonchev–Trinajstić information content (AvgIpc) is 2.74. The second-order valence-electron chi connectivity index (χ2n) is 6.95. The van der Waals surface area contributed by atoms with E-state index < -0.39 is 15.7 Å². The van der Waals surface area contributed by atoms with Crippen molar-refractivity contribution in [3.8, 4) is 11.3 Å². The molecule has 0 aliphatic carbocycles. The summed E-state index contributed by atoms with van der Waals surface area (Å²) >= 11 is 6.18. The number of aromatic nitrogens is 1. The molecule has 4 aromatic rings. The van der Waals surface area contributed by atoms with Crippen LogP contribution in [0, 0.1) is 5.82 Å². The van der Waals surface area contributed by atoms with Crippen molar-refractivity contribution in [2.24, 2.45) is 0 Å². The summed E-state index contributed by atoms with van der Waals surface area (Å²) in [6.07, 6.45) is 1.08. The molecule has 3 aromatic carbocycles. The number of nitrogens with one attached hydrogen (secondary N) is 1. The number of hydrogen-bond acceptors (Lipinski definition) is 4. The maximum Gasteiger partial charge on any atom is 0.256 e. The highest BCUT2D eigenvalue weighted by atomic mass is 35.5. The molecule has 0 aliphatic heterocycles. The minimum Gasteiger partial charge on any atom is -0.321 e. The number of fused-ring (bicyclic) bond motifs is 1. The Morgan fingerprint density at radius 2 is 1.71 bits per heavy atom. The van der Waals surface area contributed by atoms with Gasteiger partial charge in [-0.15, -0.1) is 0 Å². The topological polar surface area (TPSA) is 76.1 Å². The first kappa shape index (κ1) is 21.0. The van der Waals surface area contributed by atoms with E-state index in [0.717, 1.165) is 6.26 Å². The van der Waals surface area contributed by atoms with E-state index in [0.29, 0.717) is 27.7 Å². The monoisotopic (exact) mass is 454 g/mol. The summed E-state index contributed by atoms with van der Waals surface area (Å²) in [6.45, 7) is 0. The standard InChI is InChI=1S/C23H16ClFN2O3S/c1-31(29,30)16-10-11-19(24)22(12-16)27-23(28)18-13-21(14-6-8-15(25)9-7-14)26-20-5-3-2-4-17(18)20/h2-13H,1H3,(H,27,28). The zero-order chi connectivity index (χ0) is 22.2. The van der Waals surface area contributed by atoms with Gasteiger partial charge in [0.1, 0.15) is 5.82 Å². The molecule has 0 saturated carbocycles. The first-order valence-corrected chi connectivity index (χ1v) is 11.5. The number of anilines is 1. The Bertz CT molecular complexity index is 1420. The molecule has 5 nitrogen and oxygen atoms in total. The van der Waals surface area contributed by atoms with Crippen molar-refractivity contribution in [1.82, 2.24) is 4.98 Å². The number of para-hydroxylation sites is 1. The lowest BCUT2D eigenvalue weighted by atomic mass is 10.0. The van der Waals surface area contributed by atoms with E-state index in [2.05, 4.69) is 10.3 Å². The van der Waals surface area contributed by atoms with Crippen molar-refractivity contribution in [2.45, 2.75) is 4.90 Å². The highest BCUT2D eigenvalue weighted by molar-refractivity contribution is 7.90. The number of carbonyl (C=O) groups excluding carboxylic acids is 1. The van der Waals surface area contributed by atoms with Gasteiger partial charge >= 0.3 is 0 Å². The van der Waals surface area contributed by atoms with Gasteiger partial charge < -0.3 is 5.32 Å². The van der Waals surface area contributed by atoms with Gasteiger partial charge in [0, 0.05) is 17.2 Å².